The minimum atomic E-state index is -0.122. The second-order valence-electron chi connectivity index (χ2n) is 4.72. The molecule has 110 valence electrons. The van der Waals surface area contributed by atoms with Crippen molar-refractivity contribution in [1.29, 1.82) is 0 Å². The van der Waals surface area contributed by atoms with E-state index in [4.69, 9.17) is 16.3 Å². The zero-order valence-corrected chi connectivity index (χ0v) is 12.6. The molecule has 0 saturated heterocycles. The lowest BCUT2D eigenvalue weighted by atomic mass is 10.1. The van der Waals surface area contributed by atoms with Crippen molar-refractivity contribution in [2.24, 2.45) is 0 Å². The van der Waals surface area contributed by atoms with Crippen LogP contribution in [0.3, 0.4) is 0 Å². The Labute approximate surface area is 129 Å². The summed E-state index contributed by atoms with van der Waals surface area (Å²) in [4.78, 5) is 11.9. The molecule has 0 spiro atoms. The number of benzene rings is 2. The van der Waals surface area contributed by atoms with Gasteiger partial charge < -0.3 is 10.1 Å². The van der Waals surface area contributed by atoms with Gasteiger partial charge in [0, 0.05) is 5.02 Å². The van der Waals surface area contributed by atoms with Crippen molar-refractivity contribution in [3.63, 3.8) is 0 Å². The lowest BCUT2D eigenvalue weighted by Crippen LogP contribution is -2.28. The van der Waals surface area contributed by atoms with Gasteiger partial charge in [-0.2, -0.15) is 0 Å². The number of rotatable bonds is 6. The molecule has 4 heteroatoms. The summed E-state index contributed by atoms with van der Waals surface area (Å²) in [6.45, 7) is 2.27. The molecule has 0 aliphatic carbocycles. The third-order valence-electron chi connectivity index (χ3n) is 3.09. The molecular formula is C17H18ClNO2. The Morgan fingerprint density at radius 1 is 1.14 bits per heavy atom. The molecule has 0 heterocycles. The van der Waals surface area contributed by atoms with E-state index < -0.39 is 0 Å². The van der Waals surface area contributed by atoms with E-state index in [1.807, 2.05) is 61.5 Å². The molecule has 1 unspecified atom stereocenters. The summed E-state index contributed by atoms with van der Waals surface area (Å²) < 4.78 is 5.50. The van der Waals surface area contributed by atoms with Crippen LogP contribution in [-0.4, -0.2) is 12.5 Å². The molecule has 21 heavy (non-hydrogen) atoms. The van der Waals surface area contributed by atoms with Crippen LogP contribution in [-0.2, 0) is 4.79 Å². The van der Waals surface area contributed by atoms with Crippen LogP contribution >= 0.6 is 11.6 Å². The smallest absolute Gasteiger partial charge is 0.223 e. The predicted molar refractivity (Wildman–Crippen MR) is 84.6 cm³/mol. The number of halogens is 1. The first-order valence-corrected chi connectivity index (χ1v) is 7.26. The van der Waals surface area contributed by atoms with Crippen LogP contribution in [0.5, 0.6) is 5.75 Å². The molecule has 0 saturated carbocycles. The van der Waals surface area contributed by atoms with Crippen LogP contribution in [0.1, 0.15) is 24.9 Å². The summed E-state index contributed by atoms with van der Waals surface area (Å²) in [5.41, 5.74) is 0.913. The molecule has 2 rings (SSSR count). The number of amides is 1. The largest absolute Gasteiger partial charge is 0.493 e. The van der Waals surface area contributed by atoms with Gasteiger partial charge in [-0.15, -0.1) is 0 Å². The topological polar surface area (TPSA) is 38.3 Å². The third-order valence-corrected chi connectivity index (χ3v) is 3.43. The summed E-state index contributed by atoms with van der Waals surface area (Å²) in [6.07, 6.45) is 0.309. The van der Waals surface area contributed by atoms with E-state index >= 15 is 0 Å². The van der Waals surface area contributed by atoms with Crippen LogP contribution in [0.15, 0.2) is 54.6 Å². The Bertz CT molecular complexity index is 586. The summed E-state index contributed by atoms with van der Waals surface area (Å²) in [5, 5.41) is 3.58. The third kappa shape index (κ3) is 4.80. The number of ether oxygens (including phenoxy) is 1. The van der Waals surface area contributed by atoms with E-state index in [1.54, 1.807) is 0 Å². The van der Waals surface area contributed by atoms with Gasteiger partial charge >= 0.3 is 0 Å². The molecule has 0 radical (unpaired) electrons. The lowest BCUT2D eigenvalue weighted by Gasteiger charge is -2.15. The molecule has 2 aromatic carbocycles. The highest BCUT2D eigenvalue weighted by molar-refractivity contribution is 6.31. The van der Waals surface area contributed by atoms with Gasteiger partial charge in [0.05, 0.1) is 19.1 Å². The molecular weight excluding hydrogens is 286 g/mol. The monoisotopic (exact) mass is 303 g/mol. The normalized spacial score (nSPS) is 11.7. The Morgan fingerprint density at radius 3 is 2.52 bits per heavy atom. The summed E-state index contributed by atoms with van der Waals surface area (Å²) in [7, 11) is 0. The molecule has 0 bridgehead atoms. The highest BCUT2D eigenvalue weighted by atomic mass is 35.5. The fourth-order valence-corrected chi connectivity index (χ4v) is 2.30. The standard InChI is InChI=1S/C17H18ClNO2/c1-13(15-9-5-6-10-16(15)18)19-17(20)11-12-21-14-7-3-2-4-8-14/h2-10,13H,11-12H2,1H3,(H,19,20). The maximum atomic E-state index is 11.9. The Kier molecular flexibility index (Phi) is 5.64. The average molecular weight is 304 g/mol. The molecule has 2 aromatic rings. The molecule has 1 N–H and O–H groups in total. The second kappa shape index (κ2) is 7.70. The van der Waals surface area contributed by atoms with Gasteiger partial charge in [-0.25, -0.2) is 0 Å². The fraction of sp³-hybridized carbons (Fsp3) is 0.235. The van der Waals surface area contributed by atoms with E-state index in [1.165, 1.54) is 0 Å². The Hall–Kier alpha value is -2.00. The lowest BCUT2D eigenvalue weighted by molar-refractivity contribution is -0.122. The van der Waals surface area contributed by atoms with Crippen molar-refractivity contribution in [2.45, 2.75) is 19.4 Å². The molecule has 0 fully saturated rings. The molecule has 3 nitrogen and oxygen atoms in total. The quantitative estimate of drug-likeness (QED) is 0.876. The second-order valence-corrected chi connectivity index (χ2v) is 5.13. The van der Waals surface area contributed by atoms with Gasteiger partial charge in [-0.1, -0.05) is 48.0 Å². The van der Waals surface area contributed by atoms with Gasteiger partial charge in [0.1, 0.15) is 5.75 Å². The molecule has 0 aromatic heterocycles. The van der Waals surface area contributed by atoms with E-state index in [2.05, 4.69) is 5.32 Å². The van der Waals surface area contributed by atoms with Crippen LogP contribution in [0.25, 0.3) is 0 Å². The maximum absolute atomic E-state index is 11.9. The fourth-order valence-electron chi connectivity index (χ4n) is 2.00. The van der Waals surface area contributed by atoms with Crippen molar-refractivity contribution >= 4 is 17.5 Å². The van der Waals surface area contributed by atoms with Crippen molar-refractivity contribution in [2.75, 3.05) is 6.61 Å². The number of hydrogen-bond acceptors (Lipinski definition) is 2. The Balaban J connectivity index is 1.78. The first-order chi connectivity index (χ1) is 10.2. The highest BCUT2D eigenvalue weighted by Gasteiger charge is 2.12. The number of nitrogens with one attached hydrogen (secondary N) is 1. The van der Waals surface area contributed by atoms with Gasteiger partial charge in [0.25, 0.3) is 0 Å². The first kappa shape index (κ1) is 15.4. The number of carbonyl (C=O) groups is 1. The van der Waals surface area contributed by atoms with Gasteiger partial charge in [0.15, 0.2) is 0 Å². The van der Waals surface area contributed by atoms with Crippen molar-refractivity contribution < 1.29 is 9.53 Å². The summed E-state index contributed by atoms with van der Waals surface area (Å²) in [6, 6.07) is 16.8. The van der Waals surface area contributed by atoms with Gasteiger partial charge in [0.2, 0.25) is 5.91 Å². The van der Waals surface area contributed by atoms with E-state index in [-0.39, 0.29) is 11.9 Å². The minimum absolute atomic E-state index is 0.0571. The van der Waals surface area contributed by atoms with E-state index in [9.17, 15) is 4.79 Å². The average Bonchev–Trinajstić information content (AvgIpc) is 2.48. The molecule has 0 aliphatic heterocycles. The van der Waals surface area contributed by atoms with E-state index in [0.717, 1.165) is 11.3 Å². The van der Waals surface area contributed by atoms with Gasteiger partial charge in [-0.3, -0.25) is 4.79 Å². The zero-order valence-electron chi connectivity index (χ0n) is 11.9. The molecule has 1 atom stereocenters. The Morgan fingerprint density at radius 2 is 1.81 bits per heavy atom. The number of hydrogen-bond donors (Lipinski definition) is 1. The maximum Gasteiger partial charge on any atom is 0.223 e. The zero-order chi connectivity index (χ0) is 15.1. The van der Waals surface area contributed by atoms with Crippen molar-refractivity contribution in [3.05, 3.63) is 65.2 Å². The van der Waals surface area contributed by atoms with Crippen LogP contribution in [0.4, 0.5) is 0 Å². The SMILES string of the molecule is CC(NC(=O)CCOc1ccccc1)c1ccccc1Cl. The summed E-state index contributed by atoms with van der Waals surface area (Å²) >= 11 is 6.11. The predicted octanol–water partition coefficient (Wildman–Crippen LogP) is 3.99. The van der Waals surface area contributed by atoms with Crippen LogP contribution in [0.2, 0.25) is 5.02 Å². The number of para-hydroxylation sites is 1. The van der Waals surface area contributed by atoms with Crippen molar-refractivity contribution in [1.82, 2.24) is 5.32 Å². The molecule has 1 amide bonds. The van der Waals surface area contributed by atoms with Crippen LogP contribution < -0.4 is 10.1 Å². The highest BCUT2D eigenvalue weighted by Crippen LogP contribution is 2.22. The summed E-state index contributed by atoms with van der Waals surface area (Å²) in [5.74, 6) is 0.711. The first-order valence-electron chi connectivity index (χ1n) is 6.88. The van der Waals surface area contributed by atoms with Gasteiger partial charge in [-0.05, 0) is 30.7 Å². The molecule has 0 aliphatic rings. The number of carbonyl (C=O) groups excluding carboxylic acids is 1. The van der Waals surface area contributed by atoms with E-state index in [0.29, 0.717) is 18.1 Å². The minimum Gasteiger partial charge on any atom is -0.493 e. The van der Waals surface area contributed by atoms with Crippen LogP contribution in [0, 0.1) is 0 Å². The van der Waals surface area contributed by atoms with Crippen molar-refractivity contribution in [3.8, 4) is 5.75 Å².